The smallest absolute Gasteiger partial charge is 0.254 e. The van der Waals surface area contributed by atoms with Crippen LogP contribution in [-0.4, -0.2) is 35.0 Å². The average molecular weight is 393 g/mol. The largest absolute Gasteiger partial charge is 0.379 e. The lowest BCUT2D eigenvalue weighted by atomic mass is 9.93. The summed E-state index contributed by atoms with van der Waals surface area (Å²) in [4.78, 5) is 19.4. The predicted molar refractivity (Wildman–Crippen MR) is 110 cm³/mol. The van der Waals surface area contributed by atoms with Crippen LogP contribution in [0.15, 0.2) is 48.7 Å². The molecule has 3 heterocycles. The molecule has 5 rings (SSSR count). The molecule has 1 saturated heterocycles. The summed E-state index contributed by atoms with van der Waals surface area (Å²) >= 11 is 5.92. The molecule has 2 aliphatic heterocycles. The Labute approximate surface area is 169 Å². The van der Waals surface area contributed by atoms with Gasteiger partial charge in [0.15, 0.2) is 0 Å². The highest BCUT2D eigenvalue weighted by molar-refractivity contribution is 6.29. The van der Waals surface area contributed by atoms with Crippen molar-refractivity contribution in [3.05, 3.63) is 76.1 Å². The molecule has 4 nitrogen and oxygen atoms in total. The molecule has 0 radical (unpaired) electrons. The molecule has 1 atom stereocenters. The maximum absolute atomic E-state index is 13.2. The summed E-state index contributed by atoms with van der Waals surface area (Å²) in [5.74, 6) is 0.131. The molecule has 0 bridgehead atoms. The molecule has 0 N–H and O–H groups in total. The van der Waals surface area contributed by atoms with Crippen molar-refractivity contribution < 1.29 is 9.53 Å². The number of ether oxygens (including phenoxy) is 1. The molecule has 2 aliphatic rings. The number of hydrogen-bond acceptors (Lipinski definition) is 3. The lowest BCUT2D eigenvalue weighted by Crippen LogP contribution is -2.41. The average Bonchev–Trinajstić information content (AvgIpc) is 3.07. The van der Waals surface area contributed by atoms with Crippen LogP contribution in [0.1, 0.15) is 39.9 Å². The molecule has 142 valence electrons. The normalized spacial score (nSPS) is 19.2. The first-order chi connectivity index (χ1) is 13.7. The Balaban J connectivity index is 1.56. The summed E-state index contributed by atoms with van der Waals surface area (Å²) in [5.41, 5.74) is 4.21. The van der Waals surface area contributed by atoms with E-state index in [4.69, 9.17) is 16.3 Å². The number of halogens is 1. The third-order valence-corrected chi connectivity index (χ3v) is 6.05. The summed E-state index contributed by atoms with van der Waals surface area (Å²) in [7, 11) is 0. The molecular weight excluding hydrogens is 372 g/mol. The Kier molecular flexibility index (Phi) is 4.53. The number of nitrogens with zero attached hydrogens (tertiary/aromatic N) is 2. The lowest BCUT2D eigenvalue weighted by molar-refractivity contribution is 0.0179. The van der Waals surface area contributed by atoms with E-state index in [0.29, 0.717) is 18.3 Å². The van der Waals surface area contributed by atoms with Crippen molar-refractivity contribution in [3.63, 3.8) is 0 Å². The van der Waals surface area contributed by atoms with Gasteiger partial charge in [-0.15, -0.1) is 0 Å². The number of fused-ring (bicyclic) bond motifs is 3. The summed E-state index contributed by atoms with van der Waals surface area (Å²) in [6.45, 7) is 2.11. The van der Waals surface area contributed by atoms with Crippen LogP contribution in [0.3, 0.4) is 0 Å². The molecule has 28 heavy (non-hydrogen) atoms. The number of benzene rings is 2. The molecule has 0 spiro atoms. The van der Waals surface area contributed by atoms with Gasteiger partial charge < -0.3 is 9.64 Å². The van der Waals surface area contributed by atoms with Crippen molar-refractivity contribution in [1.29, 1.82) is 0 Å². The van der Waals surface area contributed by atoms with E-state index in [1.54, 1.807) is 6.20 Å². The molecule has 3 aromatic rings. The van der Waals surface area contributed by atoms with Gasteiger partial charge in [-0.2, -0.15) is 0 Å². The Morgan fingerprint density at radius 2 is 2.04 bits per heavy atom. The lowest BCUT2D eigenvalue weighted by Gasteiger charge is -2.30. The predicted octanol–water partition coefficient (Wildman–Crippen LogP) is 4.61. The van der Waals surface area contributed by atoms with E-state index in [2.05, 4.69) is 29.2 Å². The summed E-state index contributed by atoms with van der Waals surface area (Å²) in [6, 6.07) is 14.4. The van der Waals surface area contributed by atoms with E-state index in [9.17, 15) is 4.79 Å². The molecule has 5 heteroatoms. The Morgan fingerprint density at radius 3 is 2.79 bits per heavy atom. The van der Waals surface area contributed by atoms with Crippen LogP contribution in [0.5, 0.6) is 0 Å². The third kappa shape index (κ3) is 3.07. The number of aromatic nitrogens is 1. The molecule has 2 aromatic carbocycles. The second-order valence-corrected chi connectivity index (χ2v) is 7.96. The summed E-state index contributed by atoms with van der Waals surface area (Å²) in [5, 5.41) is 2.86. The van der Waals surface area contributed by atoms with Gasteiger partial charge in [0.2, 0.25) is 0 Å². The van der Waals surface area contributed by atoms with E-state index in [-0.39, 0.29) is 11.9 Å². The van der Waals surface area contributed by atoms with E-state index in [1.165, 1.54) is 10.8 Å². The van der Waals surface area contributed by atoms with Gasteiger partial charge in [-0.25, -0.2) is 4.98 Å². The van der Waals surface area contributed by atoms with Gasteiger partial charge in [0.1, 0.15) is 5.15 Å². The topological polar surface area (TPSA) is 42.4 Å². The number of carbonyl (C=O) groups excluding carboxylic acids is 1. The van der Waals surface area contributed by atoms with Crippen molar-refractivity contribution in [3.8, 4) is 0 Å². The van der Waals surface area contributed by atoms with Crippen LogP contribution in [0, 0.1) is 0 Å². The van der Waals surface area contributed by atoms with Crippen LogP contribution in [0.25, 0.3) is 10.8 Å². The second-order valence-electron chi connectivity index (χ2n) is 7.58. The van der Waals surface area contributed by atoms with E-state index >= 15 is 0 Å². The minimum absolute atomic E-state index is 0.131. The highest BCUT2D eigenvalue weighted by Crippen LogP contribution is 2.35. The van der Waals surface area contributed by atoms with Crippen molar-refractivity contribution in [2.75, 3.05) is 13.2 Å². The zero-order valence-corrected chi connectivity index (χ0v) is 16.3. The Hall–Kier alpha value is -2.43. The van der Waals surface area contributed by atoms with Crippen LogP contribution in [0.4, 0.5) is 0 Å². The first kappa shape index (κ1) is 17.7. The minimum Gasteiger partial charge on any atom is -0.379 e. The molecule has 1 fully saturated rings. The highest BCUT2D eigenvalue weighted by Gasteiger charge is 2.35. The van der Waals surface area contributed by atoms with Crippen LogP contribution in [-0.2, 0) is 17.7 Å². The zero-order chi connectivity index (χ0) is 19.1. The van der Waals surface area contributed by atoms with Crippen molar-refractivity contribution >= 4 is 28.3 Å². The Bertz CT molecular complexity index is 1040. The SMILES string of the molecule is O=C1c2cc(Cc3ccc(Cl)nc3)c3ccccc3c2CN1C1CCCOC1. The van der Waals surface area contributed by atoms with Gasteiger partial charge >= 0.3 is 0 Å². The van der Waals surface area contributed by atoms with E-state index < -0.39 is 0 Å². The highest BCUT2D eigenvalue weighted by atomic mass is 35.5. The molecule has 0 saturated carbocycles. The van der Waals surface area contributed by atoms with Gasteiger partial charge in [0.25, 0.3) is 5.91 Å². The molecule has 1 amide bonds. The fourth-order valence-electron chi connectivity index (χ4n) is 4.41. The van der Waals surface area contributed by atoms with Gasteiger partial charge in [0, 0.05) is 24.9 Å². The first-order valence-corrected chi connectivity index (χ1v) is 10.1. The van der Waals surface area contributed by atoms with Crippen molar-refractivity contribution in [2.24, 2.45) is 0 Å². The third-order valence-electron chi connectivity index (χ3n) is 5.82. The fourth-order valence-corrected chi connectivity index (χ4v) is 4.52. The summed E-state index contributed by atoms with van der Waals surface area (Å²) < 4.78 is 5.63. The monoisotopic (exact) mass is 392 g/mol. The second kappa shape index (κ2) is 7.19. The maximum Gasteiger partial charge on any atom is 0.254 e. The maximum atomic E-state index is 13.2. The van der Waals surface area contributed by atoms with Gasteiger partial charge in [-0.05, 0) is 58.9 Å². The quantitative estimate of drug-likeness (QED) is 0.611. The van der Waals surface area contributed by atoms with E-state index in [1.807, 2.05) is 23.1 Å². The first-order valence-electron chi connectivity index (χ1n) is 9.73. The van der Waals surface area contributed by atoms with Crippen LogP contribution >= 0.6 is 11.6 Å². The molecule has 1 aromatic heterocycles. The number of pyridine rings is 1. The van der Waals surface area contributed by atoms with Crippen LogP contribution in [0.2, 0.25) is 5.15 Å². The summed E-state index contributed by atoms with van der Waals surface area (Å²) in [6.07, 6.45) is 4.55. The van der Waals surface area contributed by atoms with Gasteiger partial charge in [-0.3, -0.25) is 4.79 Å². The molecule has 1 unspecified atom stereocenters. The number of carbonyl (C=O) groups is 1. The Morgan fingerprint density at radius 1 is 1.18 bits per heavy atom. The van der Waals surface area contributed by atoms with E-state index in [0.717, 1.165) is 48.1 Å². The van der Waals surface area contributed by atoms with Crippen LogP contribution < -0.4 is 0 Å². The number of amides is 1. The van der Waals surface area contributed by atoms with Gasteiger partial charge in [-0.1, -0.05) is 41.9 Å². The zero-order valence-electron chi connectivity index (χ0n) is 15.5. The van der Waals surface area contributed by atoms with Crippen molar-refractivity contribution in [2.45, 2.75) is 31.8 Å². The number of hydrogen-bond donors (Lipinski definition) is 0. The fraction of sp³-hybridized carbons (Fsp3) is 0.304. The molecule has 0 aliphatic carbocycles. The minimum atomic E-state index is 0.131. The molecular formula is C23H21ClN2O2. The number of rotatable bonds is 3. The standard InChI is InChI=1S/C23H21ClN2O2/c24-22-8-7-15(12-25-22)10-16-11-20-21(19-6-2-1-5-18(16)19)13-26(23(20)27)17-4-3-9-28-14-17/h1-2,5-8,11-12,17H,3-4,9-10,13-14H2. The van der Waals surface area contributed by atoms with Crippen molar-refractivity contribution in [1.82, 2.24) is 9.88 Å². The van der Waals surface area contributed by atoms with Gasteiger partial charge in [0.05, 0.1) is 12.6 Å².